The minimum Gasteiger partial charge on any atom is -0.460 e. The standard InChI is InChI=1S/C25H52NO2/c1-5-6-7-8-9-10-11-12-13-14-15-16-17-18-19-20-21-22-25(27)28-24-23-26(2,3)4/h5-24H2,1-4H3/q+1. The number of hydrogen-bond donors (Lipinski definition) is 0. The molecule has 0 aromatic heterocycles. The van der Waals surface area contributed by atoms with Crippen molar-refractivity contribution in [2.24, 2.45) is 0 Å². The van der Waals surface area contributed by atoms with Gasteiger partial charge in [-0.1, -0.05) is 110 Å². The van der Waals surface area contributed by atoms with Crippen LogP contribution in [0.2, 0.25) is 0 Å². The first-order valence-electron chi connectivity index (χ1n) is 12.4. The fourth-order valence-electron chi connectivity index (χ4n) is 3.50. The lowest BCUT2D eigenvalue weighted by molar-refractivity contribution is -0.870. The summed E-state index contributed by atoms with van der Waals surface area (Å²) in [5.41, 5.74) is 0. The highest BCUT2D eigenvalue weighted by atomic mass is 16.5. The van der Waals surface area contributed by atoms with Crippen molar-refractivity contribution in [1.82, 2.24) is 0 Å². The van der Waals surface area contributed by atoms with E-state index in [1.165, 1.54) is 103 Å². The SMILES string of the molecule is CCCCCCCCCCCCCCCCCCCC(=O)OCC[N+](C)(C)C. The van der Waals surface area contributed by atoms with Crippen LogP contribution in [-0.2, 0) is 9.53 Å². The average molecular weight is 399 g/mol. The zero-order valence-electron chi connectivity index (χ0n) is 19.9. The molecule has 0 aliphatic heterocycles. The normalized spacial score (nSPS) is 11.7. The van der Waals surface area contributed by atoms with Gasteiger partial charge in [-0.25, -0.2) is 0 Å². The second-order valence-corrected chi connectivity index (χ2v) is 9.64. The molecule has 0 aromatic rings. The van der Waals surface area contributed by atoms with E-state index in [0.29, 0.717) is 13.0 Å². The molecule has 0 amide bonds. The van der Waals surface area contributed by atoms with Gasteiger partial charge in [0.2, 0.25) is 0 Å². The number of quaternary nitrogens is 1. The lowest BCUT2D eigenvalue weighted by Crippen LogP contribution is -2.37. The lowest BCUT2D eigenvalue weighted by atomic mass is 10.0. The molecule has 3 nitrogen and oxygen atoms in total. The molecule has 0 fully saturated rings. The van der Waals surface area contributed by atoms with Gasteiger partial charge in [-0.2, -0.15) is 0 Å². The van der Waals surface area contributed by atoms with Gasteiger partial charge in [0.15, 0.2) is 0 Å². The Morgan fingerprint density at radius 2 is 0.964 bits per heavy atom. The van der Waals surface area contributed by atoms with Crippen molar-refractivity contribution >= 4 is 5.97 Å². The Morgan fingerprint density at radius 1 is 0.607 bits per heavy atom. The molecule has 0 unspecified atom stereocenters. The Bertz CT molecular complexity index is 336. The molecule has 3 heteroatoms. The number of nitrogens with zero attached hydrogens (tertiary/aromatic N) is 1. The Labute approximate surface area is 177 Å². The van der Waals surface area contributed by atoms with Gasteiger partial charge in [0, 0.05) is 6.42 Å². The summed E-state index contributed by atoms with van der Waals surface area (Å²) in [6, 6.07) is 0. The summed E-state index contributed by atoms with van der Waals surface area (Å²) in [6.45, 7) is 3.71. The third-order valence-corrected chi connectivity index (χ3v) is 5.51. The Kier molecular flexibility index (Phi) is 19.3. The van der Waals surface area contributed by atoms with Crippen molar-refractivity contribution in [2.45, 2.75) is 122 Å². The largest absolute Gasteiger partial charge is 0.460 e. The van der Waals surface area contributed by atoms with Gasteiger partial charge in [0.1, 0.15) is 13.2 Å². The van der Waals surface area contributed by atoms with E-state index >= 15 is 0 Å². The number of hydrogen-bond acceptors (Lipinski definition) is 2. The molecule has 0 aliphatic carbocycles. The molecule has 0 bridgehead atoms. The molecule has 168 valence electrons. The molecule has 0 aromatic carbocycles. The average Bonchev–Trinajstić information content (AvgIpc) is 2.63. The zero-order valence-corrected chi connectivity index (χ0v) is 19.9. The van der Waals surface area contributed by atoms with Crippen molar-refractivity contribution in [3.63, 3.8) is 0 Å². The molecule has 0 rings (SSSR count). The minimum atomic E-state index is -0.0191. The quantitative estimate of drug-likeness (QED) is 0.115. The van der Waals surface area contributed by atoms with E-state index in [2.05, 4.69) is 28.1 Å². The van der Waals surface area contributed by atoms with Gasteiger partial charge < -0.3 is 9.22 Å². The maximum absolute atomic E-state index is 11.7. The first-order chi connectivity index (χ1) is 13.5. The predicted molar refractivity (Wildman–Crippen MR) is 123 cm³/mol. The molecular formula is C25H52NO2+. The van der Waals surface area contributed by atoms with E-state index in [1.807, 2.05) is 0 Å². The van der Waals surface area contributed by atoms with Gasteiger partial charge in [-0.3, -0.25) is 4.79 Å². The van der Waals surface area contributed by atoms with Gasteiger partial charge in [-0.05, 0) is 6.42 Å². The zero-order chi connectivity index (χ0) is 20.9. The molecule has 0 saturated carbocycles. The fourth-order valence-corrected chi connectivity index (χ4v) is 3.50. The molecule has 0 N–H and O–H groups in total. The second kappa shape index (κ2) is 19.7. The Morgan fingerprint density at radius 3 is 1.32 bits per heavy atom. The van der Waals surface area contributed by atoms with E-state index in [0.717, 1.165) is 17.4 Å². The smallest absolute Gasteiger partial charge is 0.305 e. The van der Waals surface area contributed by atoms with Crippen molar-refractivity contribution in [2.75, 3.05) is 34.3 Å². The molecule has 0 saturated heterocycles. The summed E-state index contributed by atoms with van der Waals surface area (Å²) in [7, 11) is 6.35. The molecule has 0 aliphatic rings. The summed E-state index contributed by atoms with van der Waals surface area (Å²) in [6.07, 6.45) is 23.8. The summed E-state index contributed by atoms with van der Waals surface area (Å²) in [4.78, 5) is 11.7. The van der Waals surface area contributed by atoms with Crippen LogP contribution in [0.5, 0.6) is 0 Å². The van der Waals surface area contributed by atoms with Crippen LogP contribution in [0.1, 0.15) is 122 Å². The van der Waals surface area contributed by atoms with Crippen LogP contribution in [0.15, 0.2) is 0 Å². The molecule has 0 radical (unpaired) electrons. The maximum atomic E-state index is 11.7. The van der Waals surface area contributed by atoms with E-state index in [1.54, 1.807) is 0 Å². The van der Waals surface area contributed by atoms with Crippen LogP contribution < -0.4 is 0 Å². The molecule has 0 spiro atoms. The fraction of sp³-hybridized carbons (Fsp3) is 0.960. The van der Waals surface area contributed by atoms with Gasteiger partial charge in [-0.15, -0.1) is 0 Å². The van der Waals surface area contributed by atoms with Gasteiger partial charge in [0.25, 0.3) is 0 Å². The topological polar surface area (TPSA) is 26.3 Å². The van der Waals surface area contributed by atoms with Gasteiger partial charge in [0.05, 0.1) is 21.1 Å². The lowest BCUT2D eigenvalue weighted by Gasteiger charge is -2.23. The van der Waals surface area contributed by atoms with Crippen molar-refractivity contribution in [1.29, 1.82) is 0 Å². The first kappa shape index (κ1) is 27.4. The Balaban J connectivity index is 3.15. The van der Waals surface area contributed by atoms with Crippen molar-refractivity contribution < 1.29 is 14.0 Å². The molecule has 0 atom stereocenters. The minimum absolute atomic E-state index is 0.0191. The number of unbranched alkanes of at least 4 members (excludes halogenated alkanes) is 16. The number of likely N-dealkylation sites (N-methyl/N-ethyl adjacent to an activating group) is 1. The number of ether oxygens (including phenoxy) is 1. The predicted octanol–water partition coefficient (Wildman–Crippen LogP) is 7.28. The van der Waals surface area contributed by atoms with Crippen molar-refractivity contribution in [3.8, 4) is 0 Å². The number of esters is 1. The highest BCUT2D eigenvalue weighted by Gasteiger charge is 2.09. The molecular weight excluding hydrogens is 346 g/mol. The van der Waals surface area contributed by atoms with E-state index in [9.17, 15) is 4.79 Å². The summed E-state index contributed by atoms with van der Waals surface area (Å²) in [5.74, 6) is -0.0191. The van der Waals surface area contributed by atoms with Crippen LogP contribution in [0.3, 0.4) is 0 Å². The first-order valence-corrected chi connectivity index (χ1v) is 12.4. The van der Waals surface area contributed by atoms with E-state index in [4.69, 9.17) is 4.74 Å². The summed E-state index contributed by atoms with van der Waals surface area (Å²) < 4.78 is 6.13. The van der Waals surface area contributed by atoms with E-state index in [-0.39, 0.29) is 5.97 Å². The van der Waals surface area contributed by atoms with Crippen LogP contribution in [0.25, 0.3) is 0 Å². The number of carbonyl (C=O) groups is 1. The van der Waals surface area contributed by atoms with Crippen LogP contribution in [-0.4, -0.2) is 44.7 Å². The van der Waals surface area contributed by atoms with Crippen LogP contribution in [0, 0.1) is 0 Å². The van der Waals surface area contributed by atoms with Crippen LogP contribution >= 0.6 is 0 Å². The Hall–Kier alpha value is -0.570. The monoisotopic (exact) mass is 398 g/mol. The highest BCUT2D eigenvalue weighted by Crippen LogP contribution is 2.14. The van der Waals surface area contributed by atoms with E-state index < -0.39 is 0 Å². The third-order valence-electron chi connectivity index (χ3n) is 5.51. The second-order valence-electron chi connectivity index (χ2n) is 9.64. The summed E-state index contributed by atoms with van der Waals surface area (Å²) >= 11 is 0. The molecule has 28 heavy (non-hydrogen) atoms. The molecule has 0 heterocycles. The maximum Gasteiger partial charge on any atom is 0.305 e. The van der Waals surface area contributed by atoms with Gasteiger partial charge >= 0.3 is 5.97 Å². The van der Waals surface area contributed by atoms with Crippen molar-refractivity contribution in [3.05, 3.63) is 0 Å². The third kappa shape index (κ3) is 23.5. The van der Waals surface area contributed by atoms with Crippen LogP contribution in [0.4, 0.5) is 0 Å². The summed E-state index contributed by atoms with van der Waals surface area (Å²) in [5, 5.41) is 0. The number of rotatable bonds is 21. The highest BCUT2D eigenvalue weighted by molar-refractivity contribution is 5.69. The number of carbonyl (C=O) groups excluding carboxylic acids is 1.